The second-order valence-electron chi connectivity index (χ2n) is 3.64. The predicted octanol–water partition coefficient (Wildman–Crippen LogP) is 3.06. The Morgan fingerprint density at radius 3 is 2.88 bits per heavy atom. The summed E-state index contributed by atoms with van der Waals surface area (Å²) in [6.45, 7) is 3.95. The Bertz CT molecular complexity index is 485. The molecule has 0 bridgehead atoms. The fourth-order valence-electron chi connectivity index (χ4n) is 1.27. The fourth-order valence-corrected chi connectivity index (χ4v) is 2.77. The Kier molecular flexibility index (Phi) is 3.86. The van der Waals surface area contributed by atoms with Crippen LogP contribution in [0.2, 0.25) is 0 Å². The summed E-state index contributed by atoms with van der Waals surface area (Å²) in [7, 11) is 0. The summed E-state index contributed by atoms with van der Waals surface area (Å²) in [6, 6.07) is 5.76. The van der Waals surface area contributed by atoms with Gasteiger partial charge < -0.3 is 10.5 Å². The molecule has 0 saturated heterocycles. The standard InChI is InChI=1S/C11H13N3OS2/c1-7(2)15-8-4-3-5-9(10(8)12)17-11-14-13-6-16-11/h3-7H,12H2,1-2H3. The monoisotopic (exact) mass is 267 g/mol. The number of rotatable bonds is 4. The van der Waals surface area contributed by atoms with Crippen molar-refractivity contribution in [2.45, 2.75) is 29.2 Å². The average molecular weight is 267 g/mol. The number of hydrogen-bond donors (Lipinski definition) is 1. The maximum Gasteiger partial charge on any atom is 0.178 e. The third-order valence-corrected chi connectivity index (χ3v) is 3.78. The first-order valence-electron chi connectivity index (χ1n) is 5.16. The van der Waals surface area contributed by atoms with Gasteiger partial charge in [-0.2, -0.15) is 0 Å². The van der Waals surface area contributed by atoms with E-state index in [2.05, 4.69) is 10.2 Å². The van der Waals surface area contributed by atoms with Crippen molar-refractivity contribution < 1.29 is 4.74 Å². The van der Waals surface area contributed by atoms with Crippen molar-refractivity contribution in [3.05, 3.63) is 23.7 Å². The molecule has 0 radical (unpaired) electrons. The lowest BCUT2D eigenvalue weighted by atomic mass is 10.3. The molecular weight excluding hydrogens is 254 g/mol. The Morgan fingerprint density at radius 2 is 2.24 bits per heavy atom. The van der Waals surface area contributed by atoms with Crippen LogP contribution in [0.3, 0.4) is 0 Å². The topological polar surface area (TPSA) is 61.0 Å². The van der Waals surface area contributed by atoms with Crippen molar-refractivity contribution >= 4 is 28.8 Å². The van der Waals surface area contributed by atoms with Crippen LogP contribution in [0.1, 0.15) is 13.8 Å². The van der Waals surface area contributed by atoms with Crippen molar-refractivity contribution in [2.75, 3.05) is 5.73 Å². The lowest BCUT2D eigenvalue weighted by Gasteiger charge is -2.13. The van der Waals surface area contributed by atoms with Gasteiger partial charge in [-0.05, 0) is 26.0 Å². The lowest BCUT2D eigenvalue weighted by molar-refractivity contribution is 0.243. The summed E-state index contributed by atoms with van der Waals surface area (Å²) >= 11 is 2.99. The number of anilines is 1. The van der Waals surface area contributed by atoms with E-state index in [1.165, 1.54) is 23.1 Å². The fraction of sp³-hybridized carbons (Fsp3) is 0.273. The molecule has 90 valence electrons. The molecule has 1 aromatic heterocycles. The Hall–Kier alpha value is -1.27. The van der Waals surface area contributed by atoms with E-state index in [4.69, 9.17) is 10.5 Å². The maximum atomic E-state index is 6.06. The minimum atomic E-state index is 0.110. The number of aromatic nitrogens is 2. The first-order valence-corrected chi connectivity index (χ1v) is 6.85. The molecule has 0 fully saturated rings. The third-order valence-electron chi connectivity index (χ3n) is 1.93. The number of nitrogen functional groups attached to an aromatic ring is 1. The molecule has 0 spiro atoms. The van der Waals surface area contributed by atoms with Gasteiger partial charge in [0.25, 0.3) is 0 Å². The molecule has 0 unspecified atom stereocenters. The van der Waals surface area contributed by atoms with Gasteiger partial charge in [0.15, 0.2) is 4.34 Å². The summed E-state index contributed by atoms with van der Waals surface area (Å²) in [5.74, 6) is 0.717. The highest BCUT2D eigenvalue weighted by Gasteiger charge is 2.10. The highest BCUT2D eigenvalue weighted by atomic mass is 32.2. The molecular formula is C11H13N3OS2. The molecule has 2 rings (SSSR count). The highest BCUT2D eigenvalue weighted by Crippen LogP contribution is 2.37. The van der Waals surface area contributed by atoms with Crippen LogP contribution < -0.4 is 10.5 Å². The largest absolute Gasteiger partial charge is 0.489 e. The quantitative estimate of drug-likeness (QED) is 0.863. The molecule has 0 atom stereocenters. The predicted molar refractivity (Wildman–Crippen MR) is 70.7 cm³/mol. The van der Waals surface area contributed by atoms with E-state index in [9.17, 15) is 0 Å². The van der Waals surface area contributed by atoms with Gasteiger partial charge in [0, 0.05) is 4.90 Å². The van der Waals surface area contributed by atoms with Gasteiger partial charge >= 0.3 is 0 Å². The number of nitrogens with two attached hydrogens (primary N) is 1. The van der Waals surface area contributed by atoms with E-state index >= 15 is 0 Å². The van der Waals surface area contributed by atoms with Crippen molar-refractivity contribution in [1.82, 2.24) is 10.2 Å². The van der Waals surface area contributed by atoms with Crippen molar-refractivity contribution in [3.63, 3.8) is 0 Å². The molecule has 4 nitrogen and oxygen atoms in total. The zero-order chi connectivity index (χ0) is 12.3. The van der Waals surface area contributed by atoms with Crippen LogP contribution in [0, 0.1) is 0 Å². The SMILES string of the molecule is CC(C)Oc1cccc(Sc2nncs2)c1N. The highest BCUT2D eigenvalue weighted by molar-refractivity contribution is 8.01. The molecule has 2 N–H and O–H groups in total. The molecule has 0 aliphatic rings. The van der Waals surface area contributed by atoms with Gasteiger partial charge in [-0.1, -0.05) is 29.2 Å². The number of ether oxygens (including phenoxy) is 1. The van der Waals surface area contributed by atoms with Crippen LogP contribution in [0.25, 0.3) is 0 Å². The normalized spacial score (nSPS) is 10.8. The molecule has 0 aliphatic heterocycles. The van der Waals surface area contributed by atoms with Gasteiger partial charge in [0.2, 0.25) is 0 Å². The minimum absolute atomic E-state index is 0.110. The number of nitrogens with zero attached hydrogens (tertiary/aromatic N) is 2. The van der Waals surface area contributed by atoms with Crippen LogP contribution in [-0.4, -0.2) is 16.3 Å². The average Bonchev–Trinajstić information content (AvgIpc) is 2.76. The Morgan fingerprint density at radius 1 is 1.41 bits per heavy atom. The Balaban J connectivity index is 2.23. The summed E-state index contributed by atoms with van der Waals surface area (Å²) in [5, 5.41) is 7.77. The van der Waals surface area contributed by atoms with Crippen LogP contribution in [0.5, 0.6) is 5.75 Å². The van der Waals surface area contributed by atoms with Gasteiger partial charge in [0.1, 0.15) is 11.3 Å². The van der Waals surface area contributed by atoms with E-state index in [0.29, 0.717) is 5.69 Å². The molecule has 2 aromatic rings. The number of benzene rings is 1. The lowest BCUT2D eigenvalue weighted by Crippen LogP contribution is -2.07. The zero-order valence-electron chi connectivity index (χ0n) is 9.58. The molecule has 6 heteroatoms. The van der Waals surface area contributed by atoms with Crippen LogP contribution in [0.15, 0.2) is 32.9 Å². The summed E-state index contributed by atoms with van der Waals surface area (Å²) in [4.78, 5) is 0.944. The van der Waals surface area contributed by atoms with Gasteiger partial charge in [-0.25, -0.2) is 0 Å². The Labute approximate surface area is 108 Å². The first-order chi connectivity index (χ1) is 8.16. The van der Waals surface area contributed by atoms with E-state index in [1.54, 1.807) is 5.51 Å². The summed E-state index contributed by atoms with van der Waals surface area (Å²) in [5.41, 5.74) is 8.41. The van der Waals surface area contributed by atoms with Crippen LogP contribution >= 0.6 is 23.1 Å². The molecule has 17 heavy (non-hydrogen) atoms. The van der Waals surface area contributed by atoms with Gasteiger partial charge in [-0.3, -0.25) is 0 Å². The second kappa shape index (κ2) is 5.37. The van der Waals surface area contributed by atoms with Crippen molar-refractivity contribution in [1.29, 1.82) is 0 Å². The van der Waals surface area contributed by atoms with Gasteiger partial charge in [0.05, 0.1) is 11.8 Å². The van der Waals surface area contributed by atoms with E-state index in [1.807, 2.05) is 32.0 Å². The number of hydrogen-bond acceptors (Lipinski definition) is 6. The van der Waals surface area contributed by atoms with E-state index in [0.717, 1.165) is 15.0 Å². The smallest absolute Gasteiger partial charge is 0.178 e. The van der Waals surface area contributed by atoms with Gasteiger partial charge in [-0.15, -0.1) is 10.2 Å². The van der Waals surface area contributed by atoms with Crippen molar-refractivity contribution in [2.24, 2.45) is 0 Å². The molecule has 0 amide bonds. The first kappa shape index (κ1) is 12.2. The minimum Gasteiger partial charge on any atom is -0.489 e. The summed E-state index contributed by atoms with van der Waals surface area (Å²) < 4.78 is 6.51. The molecule has 0 saturated carbocycles. The zero-order valence-corrected chi connectivity index (χ0v) is 11.2. The van der Waals surface area contributed by atoms with E-state index < -0.39 is 0 Å². The van der Waals surface area contributed by atoms with Crippen molar-refractivity contribution in [3.8, 4) is 5.75 Å². The molecule has 1 heterocycles. The maximum absolute atomic E-state index is 6.06. The molecule has 0 aliphatic carbocycles. The van der Waals surface area contributed by atoms with Crippen LogP contribution in [0.4, 0.5) is 5.69 Å². The number of para-hydroxylation sites is 1. The second-order valence-corrected chi connectivity index (χ2v) is 5.76. The molecule has 1 aromatic carbocycles. The summed E-state index contributed by atoms with van der Waals surface area (Å²) in [6.07, 6.45) is 0.110. The van der Waals surface area contributed by atoms with Crippen LogP contribution in [-0.2, 0) is 0 Å². The van der Waals surface area contributed by atoms with E-state index in [-0.39, 0.29) is 6.10 Å². The third kappa shape index (κ3) is 3.10.